The molecule has 180 valence electrons. The molecule has 0 aromatic heterocycles. The highest BCUT2D eigenvalue weighted by atomic mass is 16.2. The fraction of sp³-hybridized carbons (Fsp3) is 0.500. The summed E-state index contributed by atoms with van der Waals surface area (Å²) in [4.78, 5) is 52.1. The molecular weight excluding hydrogens is 422 g/mol. The van der Waals surface area contributed by atoms with Gasteiger partial charge >= 0.3 is 6.03 Å². The largest absolute Gasteiger partial charge is 0.368 e. The quantitative estimate of drug-likeness (QED) is 0.413. The molecule has 5 amide bonds. The molecular formula is C24H35N5O4. The third-order valence-electron chi connectivity index (χ3n) is 5.33. The predicted molar refractivity (Wildman–Crippen MR) is 126 cm³/mol. The molecule has 0 saturated carbocycles. The highest BCUT2D eigenvalue weighted by molar-refractivity contribution is 5.93. The van der Waals surface area contributed by atoms with Crippen molar-refractivity contribution in [2.75, 3.05) is 13.1 Å². The number of nitrogens with zero attached hydrogens (tertiary/aromatic N) is 1. The lowest BCUT2D eigenvalue weighted by molar-refractivity contribution is -0.141. The monoisotopic (exact) mass is 457 g/mol. The van der Waals surface area contributed by atoms with Crippen LogP contribution in [0.3, 0.4) is 0 Å². The summed E-state index contributed by atoms with van der Waals surface area (Å²) in [5.41, 5.74) is 6.13. The van der Waals surface area contributed by atoms with Crippen molar-refractivity contribution in [2.45, 2.75) is 58.2 Å². The summed E-state index contributed by atoms with van der Waals surface area (Å²) in [7, 11) is 0. The van der Waals surface area contributed by atoms with Crippen LogP contribution in [0.4, 0.5) is 4.79 Å². The Kier molecular flexibility index (Phi) is 9.02. The molecule has 1 aromatic rings. The Balaban J connectivity index is 2.22. The van der Waals surface area contributed by atoms with E-state index in [1.54, 1.807) is 6.08 Å². The first-order chi connectivity index (χ1) is 15.5. The van der Waals surface area contributed by atoms with E-state index in [4.69, 9.17) is 5.73 Å². The number of amides is 5. The molecule has 3 atom stereocenters. The van der Waals surface area contributed by atoms with Crippen molar-refractivity contribution in [1.29, 1.82) is 0 Å². The summed E-state index contributed by atoms with van der Waals surface area (Å²) in [6.07, 6.45) is 2.42. The average Bonchev–Trinajstić information content (AvgIpc) is 3.15. The Hall–Kier alpha value is -3.36. The van der Waals surface area contributed by atoms with Gasteiger partial charge < -0.3 is 26.6 Å². The molecule has 5 N–H and O–H groups in total. The van der Waals surface area contributed by atoms with Gasteiger partial charge in [0.1, 0.15) is 12.1 Å². The van der Waals surface area contributed by atoms with Crippen LogP contribution in [0.2, 0.25) is 0 Å². The fourth-order valence-electron chi connectivity index (χ4n) is 3.82. The molecule has 0 aliphatic carbocycles. The SMILES string of the molecule is C=CCNC(=O)NC1CCN(C(=O)CC(C)(C)C)C1C(=O)NC(Cc1ccccc1)C(N)=O. The van der Waals surface area contributed by atoms with Crippen LogP contribution in [0, 0.1) is 5.41 Å². The van der Waals surface area contributed by atoms with Crippen LogP contribution in [0.15, 0.2) is 43.0 Å². The maximum Gasteiger partial charge on any atom is 0.315 e. The average molecular weight is 458 g/mol. The number of likely N-dealkylation sites (tertiary alicyclic amines) is 1. The minimum absolute atomic E-state index is 0.183. The van der Waals surface area contributed by atoms with E-state index in [2.05, 4.69) is 22.5 Å². The first kappa shape index (κ1) is 25.9. The number of nitrogens with one attached hydrogen (secondary N) is 3. The zero-order chi connectivity index (χ0) is 24.6. The van der Waals surface area contributed by atoms with E-state index in [9.17, 15) is 19.2 Å². The lowest BCUT2D eigenvalue weighted by atomic mass is 9.91. The topological polar surface area (TPSA) is 134 Å². The van der Waals surface area contributed by atoms with Gasteiger partial charge in [0, 0.05) is 25.9 Å². The van der Waals surface area contributed by atoms with Crippen molar-refractivity contribution in [1.82, 2.24) is 20.9 Å². The summed E-state index contributed by atoms with van der Waals surface area (Å²) in [5, 5.41) is 8.10. The first-order valence-corrected chi connectivity index (χ1v) is 11.1. The number of carbonyl (C=O) groups is 4. The summed E-state index contributed by atoms with van der Waals surface area (Å²) in [6.45, 7) is 9.97. The van der Waals surface area contributed by atoms with Crippen LogP contribution in [-0.4, -0.2) is 59.9 Å². The van der Waals surface area contributed by atoms with Gasteiger partial charge in [-0.2, -0.15) is 0 Å². The van der Waals surface area contributed by atoms with E-state index >= 15 is 0 Å². The van der Waals surface area contributed by atoms with E-state index in [1.165, 1.54) is 4.90 Å². The van der Waals surface area contributed by atoms with Crippen molar-refractivity contribution in [2.24, 2.45) is 11.1 Å². The number of hydrogen-bond donors (Lipinski definition) is 4. The minimum Gasteiger partial charge on any atom is -0.368 e. The number of benzene rings is 1. The van der Waals surface area contributed by atoms with Crippen LogP contribution in [-0.2, 0) is 20.8 Å². The van der Waals surface area contributed by atoms with Gasteiger partial charge in [-0.3, -0.25) is 14.4 Å². The normalized spacial score (nSPS) is 18.8. The van der Waals surface area contributed by atoms with Gasteiger partial charge in [0.15, 0.2) is 0 Å². The number of carbonyl (C=O) groups excluding carboxylic acids is 4. The van der Waals surface area contributed by atoms with Gasteiger partial charge in [0.05, 0.1) is 6.04 Å². The second kappa shape index (κ2) is 11.5. The van der Waals surface area contributed by atoms with Crippen LogP contribution >= 0.6 is 0 Å². The molecule has 33 heavy (non-hydrogen) atoms. The lowest BCUT2D eigenvalue weighted by Gasteiger charge is -2.31. The Morgan fingerprint density at radius 1 is 1.21 bits per heavy atom. The van der Waals surface area contributed by atoms with Crippen LogP contribution < -0.4 is 21.7 Å². The van der Waals surface area contributed by atoms with Crippen molar-refractivity contribution in [3.8, 4) is 0 Å². The summed E-state index contributed by atoms with van der Waals surface area (Å²) >= 11 is 0. The van der Waals surface area contributed by atoms with Crippen LogP contribution in [0.25, 0.3) is 0 Å². The highest BCUT2D eigenvalue weighted by Gasteiger charge is 2.43. The van der Waals surface area contributed by atoms with E-state index in [0.29, 0.717) is 13.0 Å². The van der Waals surface area contributed by atoms with Crippen LogP contribution in [0.1, 0.15) is 39.2 Å². The Bertz CT molecular complexity index is 865. The molecule has 1 heterocycles. The molecule has 9 heteroatoms. The number of nitrogens with two attached hydrogens (primary N) is 1. The zero-order valence-corrected chi connectivity index (χ0v) is 19.6. The standard InChI is InChI=1S/C24H35N5O4/c1-5-12-26-23(33)28-17-11-13-29(19(30)15-24(2,3)4)20(17)22(32)27-18(21(25)31)14-16-9-7-6-8-10-16/h5-10,17-18,20H,1,11-15H2,2-4H3,(H2,25,31)(H,27,32)(H2,26,28,33). The molecule has 0 spiro atoms. The molecule has 3 unspecified atom stereocenters. The summed E-state index contributed by atoms with van der Waals surface area (Å²) in [6, 6.07) is 6.23. The molecule has 1 aromatic carbocycles. The van der Waals surface area contributed by atoms with E-state index in [-0.39, 0.29) is 30.7 Å². The molecule has 0 bridgehead atoms. The Labute approximate surface area is 195 Å². The number of hydrogen-bond acceptors (Lipinski definition) is 4. The molecule has 1 saturated heterocycles. The predicted octanol–water partition coefficient (Wildman–Crippen LogP) is 1.09. The van der Waals surface area contributed by atoms with Crippen molar-refractivity contribution in [3.63, 3.8) is 0 Å². The van der Waals surface area contributed by atoms with Gasteiger partial charge in [-0.1, -0.05) is 57.2 Å². The van der Waals surface area contributed by atoms with Gasteiger partial charge in [-0.15, -0.1) is 6.58 Å². The second-order valence-corrected chi connectivity index (χ2v) is 9.46. The maximum absolute atomic E-state index is 13.3. The minimum atomic E-state index is -0.952. The Morgan fingerprint density at radius 3 is 2.45 bits per heavy atom. The number of urea groups is 1. The smallest absolute Gasteiger partial charge is 0.315 e. The molecule has 0 radical (unpaired) electrons. The zero-order valence-electron chi connectivity index (χ0n) is 19.6. The molecule has 1 aliphatic rings. The van der Waals surface area contributed by atoms with E-state index < -0.39 is 36.0 Å². The van der Waals surface area contributed by atoms with Crippen molar-refractivity contribution >= 4 is 23.8 Å². The van der Waals surface area contributed by atoms with Gasteiger partial charge in [0.25, 0.3) is 0 Å². The number of primary amides is 1. The van der Waals surface area contributed by atoms with E-state index in [1.807, 2.05) is 51.1 Å². The third kappa shape index (κ3) is 7.93. The first-order valence-electron chi connectivity index (χ1n) is 11.1. The van der Waals surface area contributed by atoms with Gasteiger partial charge in [0.2, 0.25) is 17.7 Å². The molecule has 1 fully saturated rings. The van der Waals surface area contributed by atoms with Crippen LogP contribution in [0.5, 0.6) is 0 Å². The lowest BCUT2D eigenvalue weighted by Crippen LogP contribution is -2.59. The summed E-state index contributed by atoms with van der Waals surface area (Å²) < 4.78 is 0. The van der Waals surface area contributed by atoms with E-state index in [0.717, 1.165) is 5.56 Å². The third-order valence-corrected chi connectivity index (χ3v) is 5.33. The maximum atomic E-state index is 13.3. The second-order valence-electron chi connectivity index (χ2n) is 9.46. The highest BCUT2D eigenvalue weighted by Crippen LogP contribution is 2.25. The molecule has 1 aliphatic heterocycles. The fourth-order valence-corrected chi connectivity index (χ4v) is 3.82. The molecule has 9 nitrogen and oxygen atoms in total. The van der Waals surface area contributed by atoms with Gasteiger partial charge in [-0.05, 0) is 17.4 Å². The Morgan fingerprint density at radius 2 is 1.88 bits per heavy atom. The van der Waals surface area contributed by atoms with Crippen molar-refractivity contribution in [3.05, 3.63) is 48.6 Å². The molecule has 2 rings (SSSR count). The van der Waals surface area contributed by atoms with Crippen molar-refractivity contribution < 1.29 is 19.2 Å². The number of rotatable bonds is 9. The van der Waals surface area contributed by atoms with Gasteiger partial charge in [-0.25, -0.2) is 4.79 Å². The summed E-state index contributed by atoms with van der Waals surface area (Å²) in [5.74, 6) is -1.38.